The maximum Gasteiger partial charge on any atom is 0.255 e. The maximum absolute atomic E-state index is 12.3. The third kappa shape index (κ3) is 2.45. The van der Waals surface area contributed by atoms with Crippen molar-refractivity contribution < 1.29 is 9.59 Å². The number of nitrogens with one attached hydrogen (secondary N) is 1. The quantitative estimate of drug-likeness (QED) is 0.694. The number of nitrogens with zero attached hydrogens (tertiary/aromatic N) is 1. The van der Waals surface area contributed by atoms with Gasteiger partial charge in [-0.05, 0) is 61.1 Å². The molecule has 0 aliphatic heterocycles. The molecule has 4 nitrogen and oxygen atoms in total. The lowest BCUT2D eigenvalue weighted by Crippen LogP contribution is -2.20. The summed E-state index contributed by atoms with van der Waals surface area (Å²) in [7, 11) is 0. The molecule has 0 heterocycles. The lowest BCUT2D eigenvalue weighted by atomic mass is 9.79. The molecule has 120 valence electrons. The van der Waals surface area contributed by atoms with Crippen molar-refractivity contribution in [1.29, 1.82) is 0 Å². The van der Waals surface area contributed by atoms with Gasteiger partial charge in [0.25, 0.3) is 5.91 Å². The molecule has 0 radical (unpaired) electrons. The number of aryl methyl sites for hydroxylation is 1. The number of isocyanates is 1. The lowest BCUT2D eigenvalue weighted by molar-refractivity contribution is 0.102. The van der Waals surface area contributed by atoms with E-state index in [1.165, 1.54) is 11.1 Å². The van der Waals surface area contributed by atoms with Gasteiger partial charge in [-0.2, -0.15) is 0 Å². The number of amides is 1. The van der Waals surface area contributed by atoms with Gasteiger partial charge in [-0.3, -0.25) is 4.79 Å². The summed E-state index contributed by atoms with van der Waals surface area (Å²) >= 11 is 0. The largest absolute Gasteiger partial charge is 0.322 e. The van der Waals surface area contributed by atoms with Gasteiger partial charge in [-0.25, -0.2) is 9.79 Å². The molecule has 0 aromatic heterocycles. The lowest BCUT2D eigenvalue weighted by Gasteiger charge is -2.26. The summed E-state index contributed by atoms with van der Waals surface area (Å²) in [5, 5.41) is 2.97. The summed E-state index contributed by atoms with van der Waals surface area (Å²) in [5.41, 5.74) is 3.97. The van der Waals surface area contributed by atoms with Gasteiger partial charge in [-0.15, -0.1) is 0 Å². The summed E-state index contributed by atoms with van der Waals surface area (Å²) in [5.74, 6) is -0.112. The van der Waals surface area contributed by atoms with E-state index in [1.807, 2.05) is 24.3 Å². The van der Waals surface area contributed by atoms with Gasteiger partial charge in [0.15, 0.2) is 0 Å². The van der Waals surface area contributed by atoms with Crippen molar-refractivity contribution in [2.24, 2.45) is 4.99 Å². The van der Waals surface area contributed by atoms with Crippen LogP contribution < -0.4 is 5.32 Å². The Bertz CT molecular complexity index is 840. The predicted molar refractivity (Wildman–Crippen MR) is 92.0 cm³/mol. The minimum Gasteiger partial charge on any atom is -0.322 e. The van der Waals surface area contributed by atoms with Crippen LogP contribution in [0.5, 0.6) is 0 Å². The highest BCUT2D eigenvalue weighted by atomic mass is 16.1. The second-order valence-corrected chi connectivity index (χ2v) is 6.64. The van der Waals surface area contributed by atoms with E-state index in [-0.39, 0.29) is 17.4 Å². The van der Waals surface area contributed by atoms with Crippen molar-refractivity contribution in [3.63, 3.8) is 0 Å². The van der Waals surface area contributed by atoms with E-state index in [4.69, 9.17) is 0 Å². The standard InChI is InChI=1S/C20H18N2O2/c23-13-21-18-12-20(18)10-4-7-14-8-9-16(11-17(14)20)22-19(24)15-5-2-1-3-6-15/h1-3,5-6,8-9,11,18H,4,7,10,12H2,(H,22,24)/t18-,20-/m0/s1. The fourth-order valence-electron chi connectivity index (χ4n) is 3.93. The minimum absolute atomic E-state index is 0.0154. The van der Waals surface area contributed by atoms with E-state index in [1.54, 1.807) is 18.2 Å². The number of rotatable bonds is 3. The molecule has 4 heteroatoms. The van der Waals surface area contributed by atoms with Crippen molar-refractivity contribution in [3.8, 4) is 0 Å². The SMILES string of the molecule is O=C=N[C@H]1C[C@]12CCCc1ccc(NC(=O)c3ccccc3)cc12. The van der Waals surface area contributed by atoms with Crippen LogP contribution in [0.25, 0.3) is 0 Å². The summed E-state index contributed by atoms with van der Waals surface area (Å²) in [6.45, 7) is 0. The van der Waals surface area contributed by atoms with Crippen molar-refractivity contribution in [3.05, 3.63) is 65.2 Å². The molecule has 1 N–H and O–H groups in total. The van der Waals surface area contributed by atoms with E-state index < -0.39 is 0 Å². The van der Waals surface area contributed by atoms with Crippen LogP contribution in [0, 0.1) is 0 Å². The number of hydrogen-bond donors (Lipinski definition) is 1. The maximum atomic E-state index is 12.3. The second-order valence-electron chi connectivity index (χ2n) is 6.64. The first-order valence-corrected chi connectivity index (χ1v) is 8.30. The van der Waals surface area contributed by atoms with E-state index in [0.717, 1.165) is 31.4 Å². The molecule has 4 rings (SSSR count). The van der Waals surface area contributed by atoms with Crippen LogP contribution in [0.15, 0.2) is 53.5 Å². The molecule has 2 aromatic rings. The van der Waals surface area contributed by atoms with Crippen molar-refractivity contribution in [2.45, 2.75) is 37.1 Å². The first-order chi connectivity index (χ1) is 11.7. The number of aliphatic imine (C=N–C) groups is 1. The molecular weight excluding hydrogens is 300 g/mol. The van der Waals surface area contributed by atoms with Crippen molar-refractivity contribution in [2.75, 3.05) is 5.32 Å². The van der Waals surface area contributed by atoms with Crippen molar-refractivity contribution in [1.82, 2.24) is 0 Å². The minimum atomic E-state index is -0.112. The Morgan fingerprint density at radius 2 is 2.04 bits per heavy atom. The third-order valence-electron chi connectivity index (χ3n) is 5.25. The number of carbonyl (C=O) groups is 1. The zero-order chi connectivity index (χ0) is 16.6. The second kappa shape index (κ2) is 5.73. The summed E-state index contributed by atoms with van der Waals surface area (Å²) in [4.78, 5) is 26.9. The normalized spacial score (nSPS) is 23.9. The fraction of sp³-hybridized carbons (Fsp3) is 0.300. The number of hydrogen-bond acceptors (Lipinski definition) is 3. The van der Waals surface area contributed by atoms with Gasteiger partial charge in [0.1, 0.15) is 0 Å². The highest BCUT2D eigenvalue weighted by Crippen LogP contribution is 2.57. The summed E-state index contributed by atoms with van der Waals surface area (Å²) < 4.78 is 0. The van der Waals surface area contributed by atoms with E-state index in [0.29, 0.717) is 5.56 Å². The van der Waals surface area contributed by atoms with Crippen molar-refractivity contribution >= 4 is 17.7 Å². The molecule has 2 atom stereocenters. The highest BCUT2D eigenvalue weighted by molar-refractivity contribution is 6.04. The first kappa shape index (κ1) is 14.9. The van der Waals surface area contributed by atoms with Crippen LogP contribution in [0.3, 0.4) is 0 Å². The number of fused-ring (bicyclic) bond motifs is 2. The monoisotopic (exact) mass is 318 g/mol. The Labute approximate surface area is 140 Å². The number of anilines is 1. The van der Waals surface area contributed by atoms with Crippen LogP contribution in [-0.4, -0.2) is 18.0 Å². The van der Waals surface area contributed by atoms with Gasteiger partial charge in [0, 0.05) is 16.7 Å². The van der Waals surface area contributed by atoms with Gasteiger partial charge in [-0.1, -0.05) is 24.3 Å². The predicted octanol–water partition coefficient (Wildman–Crippen LogP) is 3.62. The Morgan fingerprint density at radius 1 is 1.21 bits per heavy atom. The molecule has 1 saturated carbocycles. The number of carbonyl (C=O) groups excluding carboxylic acids is 2. The van der Waals surface area contributed by atoms with Gasteiger partial charge in [0.05, 0.1) is 6.04 Å². The van der Waals surface area contributed by atoms with E-state index in [2.05, 4.69) is 22.4 Å². The smallest absolute Gasteiger partial charge is 0.255 e. The molecule has 1 fully saturated rings. The fourth-order valence-corrected chi connectivity index (χ4v) is 3.93. The zero-order valence-corrected chi connectivity index (χ0v) is 13.3. The zero-order valence-electron chi connectivity index (χ0n) is 13.3. The summed E-state index contributed by atoms with van der Waals surface area (Å²) in [6, 6.07) is 15.3. The average Bonchev–Trinajstić information content (AvgIpc) is 3.29. The number of benzene rings is 2. The summed E-state index contributed by atoms with van der Waals surface area (Å²) in [6.07, 6.45) is 5.82. The third-order valence-corrected chi connectivity index (χ3v) is 5.25. The van der Waals surface area contributed by atoms with Gasteiger partial charge < -0.3 is 5.32 Å². The van der Waals surface area contributed by atoms with Crippen LogP contribution in [0.1, 0.15) is 40.7 Å². The van der Waals surface area contributed by atoms with Gasteiger partial charge >= 0.3 is 0 Å². The molecule has 2 aromatic carbocycles. The van der Waals surface area contributed by atoms with Crippen LogP contribution >= 0.6 is 0 Å². The Morgan fingerprint density at radius 3 is 2.83 bits per heavy atom. The van der Waals surface area contributed by atoms with E-state index >= 15 is 0 Å². The van der Waals surface area contributed by atoms with Crippen LogP contribution in [0.4, 0.5) is 5.69 Å². The topological polar surface area (TPSA) is 58.5 Å². The Hall–Kier alpha value is -2.71. The molecule has 24 heavy (non-hydrogen) atoms. The molecular formula is C20H18N2O2. The highest BCUT2D eigenvalue weighted by Gasteiger charge is 2.57. The Kier molecular flexibility index (Phi) is 3.55. The first-order valence-electron chi connectivity index (χ1n) is 8.30. The molecule has 0 saturated heterocycles. The van der Waals surface area contributed by atoms with E-state index in [9.17, 15) is 9.59 Å². The molecule has 2 aliphatic carbocycles. The Balaban J connectivity index is 1.62. The van der Waals surface area contributed by atoms with Gasteiger partial charge in [0.2, 0.25) is 6.08 Å². The molecule has 0 bridgehead atoms. The van der Waals surface area contributed by atoms with Crippen LogP contribution in [-0.2, 0) is 16.6 Å². The molecule has 1 amide bonds. The molecule has 0 unspecified atom stereocenters. The average molecular weight is 318 g/mol. The molecule has 2 aliphatic rings. The van der Waals surface area contributed by atoms with Crippen LogP contribution in [0.2, 0.25) is 0 Å². The molecule has 1 spiro atoms.